The summed E-state index contributed by atoms with van der Waals surface area (Å²) in [5.41, 5.74) is 4.09. The second-order valence-electron chi connectivity index (χ2n) is 11.1. The van der Waals surface area contributed by atoms with Crippen molar-refractivity contribution in [2.45, 2.75) is 12.8 Å². The molecule has 2 amide bonds. The maximum atomic E-state index is 14.1. The topological polar surface area (TPSA) is 136 Å². The van der Waals surface area contributed by atoms with Gasteiger partial charge >= 0.3 is 11.9 Å². The summed E-state index contributed by atoms with van der Waals surface area (Å²) < 4.78 is 18.0. The molecule has 232 valence electrons. The Morgan fingerprint density at radius 2 is 1.87 bits per heavy atom. The van der Waals surface area contributed by atoms with Crippen LogP contribution >= 0.6 is 11.6 Å². The van der Waals surface area contributed by atoms with E-state index in [2.05, 4.69) is 10.3 Å². The van der Waals surface area contributed by atoms with Crippen molar-refractivity contribution in [1.82, 2.24) is 9.55 Å². The number of alkyl halides is 1. The maximum absolute atomic E-state index is 14.1. The monoisotopic (exact) mass is 638 g/mol. The van der Waals surface area contributed by atoms with Crippen molar-refractivity contribution in [2.75, 3.05) is 29.8 Å². The predicted molar refractivity (Wildman–Crippen MR) is 173 cm³/mol. The van der Waals surface area contributed by atoms with Crippen molar-refractivity contribution in [3.8, 4) is 5.75 Å². The van der Waals surface area contributed by atoms with Gasteiger partial charge in [-0.05, 0) is 42.0 Å². The molecule has 1 aliphatic rings. The third-order valence-corrected chi connectivity index (χ3v) is 8.55. The number of fused-ring (bicyclic) bond motifs is 5. The van der Waals surface area contributed by atoms with E-state index in [1.807, 2.05) is 18.2 Å². The van der Waals surface area contributed by atoms with Crippen molar-refractivity contribution in [3.63, 3.8) is 0 Å². The quantitative estimate of drug-likeness (QED) is 0.123. The number of nitrogens with one attached hydrogen (secondary N) is 2. The smallest absolute Gasteiger partial charge is 0.340 e. The van der Waals surface area contributed by atoms with Crippen LogP contribution in [-0.4, -0.2) is 52.8 Å². The number of para-hydroxylation sites is 1. The fraction of sp³-hybridized carbons (Fsp3) is 0.176. The second-order valence-corrected chi connectivity index (χ2v) is 11.4. The summed E-state index contributed by atoms with van der Waals surface area (Å²) in [5, 5.41) is 4.90. The minimum absolute atomic E-state index is 0.176. The number of hydrogen-bond acceptors (Lipinski definition) is 7. The molecule has 46 heavy (non-hydrogen) atoms. The zero-order valence-electron chi connectivity index (χ0n) is 25.0. The molecule has 4 heterocycles. The van der Waals surface area contributed by atoms with Gasteiger partial charge < -0.3 is 33.7 Å². The van der Waals surface area contributed by atoms with Gasteiger partial charge in [0, 0.05) is 71.9 Å². The van der Waals surface area contributed by atoms with Crippen molar-refractivity contribution in [3.05, 3.63) is 89.4 Å². The Morgan fingerprint density at radius 1 is 1.07 bits per heavy atom. The van der Waals surface area contributed by atoms with Crippen LogP contribution < -0.4 is 15.0 Å². The molecule has 11 nitrogen and oxygen atoms in total. The lowest BCUT2D eigenvalue weighted by atomic mass is 9.96. The van der Waals surface area contributed by atoms with Gasteiger partial charge in [0.1, 0.15) is 11.3 Å². The number of aromatic amines is 1. The molecule has 1 unspecified atom stereocenters. The van der Waals surface area contributed by atoms with E-state index in [-0.39, 0.29) is 41.3 Å². The van der Waals surface area contributed by atoms with Crippen LogP contribution in [0.15, 0.2) is 71.3 Å². The average Bonchev–Trinajstić information content (AvgIpc) is 3.82. The standard InChI is InChI=1S/C34H27ClN4O7/c1-17(40)45-27-13-25-29(30-22(34(43)44-3)16-38(2)31(27)30)20(14-35)15-39(25)33(42)24-11-19-10-21(8-9-23(19)37-24)36-32(41)28-12-18-6-4-5-7-26(18)46-28/h4-13,16,20,37H,14-15H2,1-3H3,(H,36,41). The molecule has 0 aliphatic carbocycles. The number of rotatable bonds is 6. The summed E-state index contributed by atoms with van der Waals surface area (Å²) in [4.78, 5) is 56.6. The van der Waals surface area contributed by atoms with E-state index < -0.39 is 17.8 Å². The van der Waals surface area contributed by atoms with Gasteiger partial charge in [0.2, 0.25) is 0 Å². The number of H-pyrrole nitrogens is 1. The number of hydrogen-bond donors (Lipinski definition) is 2. The molecule has 0 saturated heterocycles. The van der Waals surface area contributed by atoms with Gasteiger partial charge in [-0.25, -0.2) is 4.79 Å². The molecule has 0 fully saturated rings. The minimum Gasteiger partial charge on any atom is -0.465 e. The number of ether oxygens (including phenoxy) is 2. The molecule has 0 spiro atoms. The molecule has 3 aromatic heterocycles. The summed E-state index contributed by atoms with van der Waals surface area (Å²) in [6.07, 6.45) is 1.61. The summed E-state index contributed by atoms with van der Waals surface area (Å²) in [6.45, 7) is 1.52. The SMILES string of the molecule is COC(=O)c1cn(C)c2c(OC(C)=O)cc3c(c12)C(CCl)CN3C(=O)c1cc2cc(NC(=O)c3cc4ccccc4o3)ccc2[nH]1. The third-order valence-electron chi connectivity index (χ3n) is 8.18. The Hall–Kier alpha value is -5.55. The zero-order valence-corrected chi connectivity index (χ0v) is 25.7. The van der Waals surface area contributed by atoms with Crippen LogP contribution in [0.5, 0.6) is 5.75 Å². The molecular weight excluding hydrogens is 612 g/mol. The van der Waals surface area contributed by atoms with Gasteiger partial charge in [-0.1, -0.05) is 18.2 Å². The summed E-state index contributed by atoms with van der Waals surface area (Å²) in [5.74, 6) is -1.61. The number of carbonyl (C=O) groups is 4. The summed E-state index contributed by atoms with van der Waals surface area (Å²) in [7, 11) is 3.03. The Balaban J connectivity index is 1.24. The van der Waals surface area contributed by atoms with Crippen molar-refractivity contribution in [2.24, 2.45) is 7.05 Å². The molecule has 6 aromatic rings. The van der Waals surface area contributed by atoms with Gasteiger partial charge in [-0.3, -0.25) is 14.4 Å². The first-order valence-electron chi connectivity index (χ1n) is 14.4. The third kappa shape index (κ3) is 4.76. The van der Waals surface area contributed by atoms with Crippen molar-refractivity contribution in [1.29, 1.82) is 0 Å². The second kappa shape index (κ2) is 11.1. The van der Waals surface area contributed by atoms with Gasteiger partial charge in [-0.2, -0.15) is 0 Å². The molecule has 0 saturated carbocycles. The first-order valence-corrected chi connectivity index (χ1v) is 14.9. The van der Waals surface area contributed by atoms with Gasteiger partial charge in [-0.15, -0.1) is 11.6 Å². The van der Waals surface area contributed by atoms with E-state index in [0.29, 0.717) is 50.0 Å². The highest BCUT2D eigenvalue weighted by Crippen LogP contribution is 2.48. The molecular formula is C34H27ClN4O7. The lowest BCUT2D eigenvalue weighted by molar-refractivity contribution is -0.131. The van der Waals surface area contributed by atoms with E-state index in [1.54, 1.807) is 65.2 Å². The van der Waals surface area contributed by atoms with E-state index >= 15 is 0 Å². The van der Waals surface area contributed by atoms with Crippen LogP contribution in [0.4, 0.5) is 11.4 Å². The van der Waals surface area contributed by atoms with Crippen LogP contribution in [0.1, 0.15) is 49.8 Å². The number of nitrogens with zero attached hydrogens (tertiary/aromatic N) is 2. The van der Waals surface area contributed by atoms with Crippen LogP contribution in [0.2, 0.25) is 0 Å². The van der Waals surface area contributed by atoms with E-state index in [0.717, 1.165) is 5.39 Å². The molecule has 1 aliphatic heterocycles. The fourth-order valence-electron chi connectivity index (χ4n) is 6.21. The van der Waals surface area contributed by atoms with Crippen molar-refractivity contribution >= 4 is 79.5 Å². The number of furan rings is 1. The number of aromatic nitrogens is 2. The molecule has 12 heteroatoms. The van der Waals surface area contributed by atoms with Crippen molar-refractivity contribution < 1.29 is 33.1 Å². The lowest BCUT2D eigenvalue weighted by Gasteiger charge is -2.18. The number of esters is 2. The first kappa shape index (κ1) is 29.2. The van der Waals surface area contributed by atoms with Gasteiger partial charge in [0.25, 0.3) is 11.8 Å². The normalized spacial score (nSPS) is 14.2. The van der Waals surface area contributed by atoms with Crippen LogP contribution in [-0.2, 0) is 16.6 Å². The van der Waals surface area contributed by atoms with Crippen LogP contribution in [0.3, 0.4) is 0 Å². The van der Waals surface area contributed by atoms with E-state index in [1.165, 1.54) is 14.0 Å². The highest BCUT2D eigenvalue weighted by molar-refractivity contribution is 6.20. The Kier molecular flexibility index (Phi) is 7.05. The van der Waals surface area contributed by atoms with E-state index in [9.17, 15) is 19.2 Å². The van der Waals surface area contributed by atoms with Gasteiger partial charge in [0.05, 0.1) is 23.9 Å². The Labute approximate surface area is 266 Å². The van der Waals surface area contributed by atoms with Gasteiger partial charge in [0.15, 0.2) is 11.5 Å². The largest absolute Gasteiger partial charge is 0.465 e. The number of anilines is 2. The number of benzene rings is 3. The Morgan fingerprint density at radius 3 is 2.61 bits per heavy atom. The molecule has 7 rings (SSSR count). The fourth-order valence-corrected chi connectivity index (χ4v) is 6.47. The van der Waals surface area contributed by atoms with Crippen LogP contribution in [0.25, 0.3) is 32.8 Å². The number of carbonyl (C=O) groups excluding carboxylic acids is 4. The number of halogens is 1. The molecule has 0 bridgehead atoms. The molecule has 2 N–H and O–H groups in total. The molecule has 3 aromatic carbocycles. The zero-order chi connectivity index (χ0) is 32.3. The molecule has 1 atom stereocenters. The maximum Gasteiger partial charge on any atom is 0.340 e. The average molecular weight is 639 g/mol. The summed E-state index contributed by atoms with van der Waals surface area (Å²) in [6, 6.07) is 17.7. The lowest BCUT2D eigenvalue weighted by Crippen LogP contribution is -2.30. The summed E-state index contributed by atoms with van der Waals surface area (Å²) >= 11 is 6.44. The highest BCUT2D eigenvalue weighted by Gasteiger charge is 2.38. The number of methoxy groups -OCH3 is 1. The number of amides is 2. The van der Waals surface area contributed by atoms with E-state index in [4.69, 9.17) is 25.5 Å². The Bertz CT molecular complexity index is 2210. The minimum atomic E-state index is -0.565. The highest BCUT2D eigenvalue weighted by atomic mass is 35.5. The number of aryl methyl sites for hydroxylation is 1. The van der Waals surface area contributed by atoms with Crippen LogP contribution in [0, 0.1) is 0 Å². The predicted octanol–water partition coefficient (Wildman–Crippen LogP) is 6.35. The first-order chi connectivity index (χ1) is 22.2. The molecule has 0 radical (unpaired) electrons.